The number of quaternary nitrogens is 1. The Balaban J connectivity index is 0.00000210. The normalized spacial score (nSPS) is 17.5. The number of aryl methyl sites for hydroxylation is 1. The van der Waals surface area contributed by atoms with Crippen LogP contribution in [0.15, 0.2) is 47.4 Å². The average Bonchev–Trinajstić information content (AvgIpc) is 3.10. The topological polar surface area (TPSA) is 60.3 Å². The first kappa shape index (κ1) is 19.9. The average molecular weight is 411 g/mol. The molecule has 1 fully saturated rings. The lowest BCUT2D eigenvalue weighted by atomic mass is 10.2. The van der Waals surface area contributed by atoms with Crippen LogP contribution in [0.4, 0.5) is 0 Å². The summed E-state index contributed by atoms with van der Waals surface area (Å²) >= 11 is 0. The Kier molecular flexibility index (Phi) is 5.95. The van der Waals surface area contributed by atoms with Crippen LogP contribution < -0.4 is 26.8 Å². The molecular formula is C19H23ClN2O4S. The molecule has 0 amide bonds. The van der Waals surface area contributed by atoms with Crippen LogP contribution in [0.25, 0.3) is 0 Å². The van der Waals surface area contributed by atoms with Crippen LogP contribution in [0.1, 0.15) is 11.1 Å². The molecule has 8 heteroatoms. The molecule has 0 aliphatic carbocycles. The molecule has 0 aromatic heterocycles. The lowest BCUT2D eigenvalue weighted by Crippen LogP contribution is -3.13. The standard InChI is InChI=1S/C19H22N2O4S.ClH/c1-15-2-5-17(6-3-15)26(22,23)21-10-8-20(9-11-21)13-16-4-7-18-19(12-16)25-14-24-18;/h2-7,12H,8-11,13-14H2,1H3;1H. The van der Waals surface area contributed by atoms with Crippen molar-refractivity contribution < 1.29 is 35.2 Å². The van der Waals surface area contributed by atoms with E-state index in [9.17, 15) is 8.42 Å². The maximum absolute atomic E-state index is 12.8. The number of benzene rings is 2. The molecular weight excluding hydrogens is 388 g/mol. The highest BCUT2D eigenvalue weighted by molar-refractivity contribution is 7.89. The van der Waals surface area contributed by atoms with Crippen LogP contribution in [0.5, 0.6) is 11.5 Å². The van der Waals surface area contributed by atoms with Crippen molar-refractivity contribution in [1.82, 2.24) is 4.31 Å². The van der Waals surface area contributed by atoms with Crippen LogP contribution in [-0.2, 0) is 16.6 Å². The highest BCUT2D eigenvalue weighted by Crippen LogP contribution is 2.32. The van der Waals surface area contributed by atoms with Crippen LogP contribution in [0.3, 0.4) is 0 Å². The van der Waals surface area contributed by atoms with Crippen LogP contribution >= 0.6 is 0 Å². The quantitative estimate of drug-likeness (QED) is 0.622. The molecule has 0 atom stereocenters. The Morgan fingerprint density at radius 3 is 2.37 bits per heavy atom. The SMILES string of the molecule is Cc1ccc(S(=O)(=O)N2CC[NH+](Cc3ccc4c(c3)OCO4)CC2)cc1.[Cl-]. The largest absolute Gasteiger partial charge is 1.00 e. The van der Waals surface area contributed by atoms with E-state index in [1.165, 1.54) is 10.5 Å². The van der Waals surface area contributed by atoms with E-state index in [0.717, 1.165) is 36.7 Å². The lowest BCUT2D eigenvalue weighted by Gasteiger charge is -2.31. The summed E-state index contributed by atoms with van der Waals surface area (Å²) in [5.74, 6) is 1.58. The van der Waals surface area contributed by atoms with Gasteiger partial charge in [0.15, 0.2) is 11.5 Å². The Bertz CT molecular complexity index is 894. The van der Waals surface area contributed by atoms with Crippen molar-refractivity contribution in [3.05, 3.63) is 53.6 Å². The molecule has 146 valence electrons. The number of fused-ring (bicyclic) bond motifs is 1. The lowest BCUT2D eigenvalue weighted by molar-refractivity contribution is -0.917. The van der Waals surface area contributed by atoms with Gasteiger partial charge in [0, 0.05) is 5.56 Å². The second-order valence-electron chi connectivity index (χ2n) is 6.83. The molecule has 2 aromatic rings. The fraction of sp³-hybridized carbons (Fsp3) is 0.368. The zero-order valence-corrected chi connectivity index (χ0v) is 16.7. The highest BCUT2D eigenvalue weighted by atomic mass is 35.5. The van der Waals surface area contributed by atoms with Gasteiger partial charge in [-0.3, -0.25) is 0 Å². The zero-order valence-electron chi connectivity index (χ0n) is 15.2. The van der Waals surface area contributed by atoms with E-state index >= 15 is 0 Å². The first-order valence-electron chi connectivity index (χ1n) is 8.81. The molecule has 6 nitrogen and oxygen atoms in total. The number of rotatable bonds is 4. The zero-order chi connectivity index (χ0) is 18.1. The number of piperazine rings is 1. The molecule has 0 saturated carbocycles. The number of sulfonamides is 1. The summed E-state index contributed by atoms with van der Waals surface area (Å²) in [7, 11) is -3.40. The first-order valence-corrected chi connectivity index (χ1v) is 10.3. The second kappa shape index (κ2) is 8.06. The van der Waals surface area contributed by atoms with E-state index in [2.05, 4.69) is 6.07 Å². The summed E-state index contributed by atoms with van der Waals surface area (Å²) in [5, 5.41) is 0. The van der Waals surface area contributed by atoms with E-state index < -0.39 is 10.0 Å². The summed E-state index contributed by atoms with van der Waals surface area (Å²) in [5.41, 5.74) is 2.24. The van der Waals surface area contributed by atoms with Gasteiger partial charge in [-0.1, -0.05) is 17.7 Å². The maximum atomic E-state index is 12.8. The molecule has 1 saturated heterocycles. The second-order valence-corrected chi connectivity index (χ2v) is 8.77. The predicted molar refractivity (Wildman–Crippen MR) is 96.9 cm³/mol. The molecule has 4 rings (SSSR count). The van der Waals surface area contributed by atoms with Gasteiger partial charge in [-0.15, -0.1) is 0 Å². The summed E-state index contributed by atoms with van der Waals surface area (Å²) in [4.78, 5) is 1.75. The fourth-order valence-corrected chi connectivity index (χ4v) is 4.86. The van der Waals surface area contributed by atoms with E-state index in [-0.39, 0.29) is 19.2 Å². The Morgan fingerprint density at radius 2 is 1.67 bits per heavy atom. The fourth-order valence-electron chi connectivity index (χ4n) is 3.42. The van der Waals surface area contributed by atoms with Crippen LogP contribution in [0.2, 0.25) is 0 Å². The molecule has 0 bridgehead atoms. The van der Waals surface area contributed by atoms with Crippen LogP contribution in [-0.4, -0.2) is 45.7 Å². The molecule has 2 heterocycles. The van der Waals surface area contributed by atoms with Gasteiger partial charge in [-0.2, -0.15) is 4.31 Å². The third kappa shape index (κ3) is 4.21. The Labute approximate surface area is 166 Å². The van der Waals surface area contributed by atoms with Crippen molar-refractivity contribution in [3.63, 3.8) is 0 Å². The monoisotopic (exact) mass is 410 g/mol. The Hall–Kier alpha value is -1.80. The van der Waals surface area contributed by atoms with Crippen molar-refractivity contribution in [2.24, 2.45) is 0 Å². The van der Waals surface area contributed by atoms with Crippen molar-refractivity contribution in [2.45, 2.75) is 18.4 Å². The molecule has 2 aliphatic rings. The van der Waals surface area contributed by atoms with Gasteiger partial charge in [0.1, 0.15) is 6.54 Å². The minimum absolute atomic E-state index is 0. The van der Waals surface area contributed by atoms with Crippen molar-refractivity contribution in [3.8, 4) is 11.5 Å². The Morgan fingerprint density at radius 1 is 1.00 bits per heavy atom. The molecule has 0 unspecified atom stereocenters. The van der Waals surface area contributed by atoms with E-state index in [1.54, 1.807) is 16.4 Å². The number of ether oxygens (including phenoxy) is 2. The smallest absolute Gasteiger partial charge is 0.243 e. The van der Waals surface area contributed by atoms with E-state index in [0.29, 0.717) is 18.0 Å². The van der Waals surface area contributed by atoms with Gasteiger partial charge < -0.3 is 26.8 Å². The highest BCUT2D eigenvalue weighted by Gasteiger charge is 2.30. The molecule has 2 aromatic carbocycles. The number of halogens is 1. The summed E-state index contributed by atoms with van der Waals surface area (Å²) in [6.07, 6.45) is 0. The van der Waals surface area contributed by atoms with E-state index in [4.69, 9.17) is 9.47 Å². The molecule has 1 N–H and O–H groups in total. The molecule has 27 heavy (non-hydrogen) atoms. The minimum atomic E-state index is -3.40. The summed E-state index contributed by atoms with van der Waals surface area (Å²) in [6, 6.07) is 13.1. The maximum Gasteiger partial charge on any atom is 0.243 e. The minimum Gasteiger partial charge on any atom is -1.00 e. The predicted octanol–water partition coefficient (Wildman–Crippen LogP) is -2.18. The summed E-state index contributed by atoms with van der Waals surface area (Å²) in [6.45, 7) is 5.75. The van der Waals surface area contributed by atoms with Gasteiger partial charge in [0.25, 0.3) is 0 Å². The van der Waals surface area contributed by atoms with Crippen molar-refractivity contribution in [2.75, 3.05) is 33.0 Å². The van der Waals surface area contributed by atoms with Gasteiger partial charge in [-0.05, 0) is 37.3 Å². The van der Waals surface area contributed by atoms with Gasteiger partial charge in [0.2, 0.25) is 16.8 Å². The first-order chi connectivity index (χ1) is 12.5. The number of hydrogen-bond acceptors (Lipinski definition) is 4. The molecule has 2 aliphatic heterocycles. The summed E-state index contributed by atoms with van der Waals surface area (Å²) < 4.78 is 37.9. The van der Waals surface area contributed by atoms with Gasteiger partial charge in [-0.25, -0.2) is 8.42 Å². The van der Waals surface area contributed by atoms with Crippen LogP contribution in [0, 0.1) is 6.92 Å². The van der Waals surface area contributed by atoms with Gasteiger partial charge >= 0.3 is 0 Å². The third-order valence-electron chi connectivity index (χ3n) is 4.98. The van der Waals surface area contributed by atoms with E-state index in [1.807, 2.05) is 31.2 Å². The molecule has 0 spiro atoms. The van der Waals surface area contributed by atoms with Crippen molar-refractivity contribution >= 4 is 10.0 Å². The molecule has 0 radical (unpaired) electrons. The van der Waals surface area contributed by atoms with Gasteiger partial charge in [0.05, 0.1) is 31.1 Å². The number of nitrogens with zero attached hydrogens (tertiary/aromatic N) is 1. The number of hydrogen-bond donors (Lipinski definition) is 1. The van der Waals surface area contributed by atoms with Crippen molar-refractivity contribution in [1.29, 1.82) is 0 Å². The third-order valence-corrected chi connectivity index (χ3v) is 6.89. The number of nitrogens with one attached hydrogen (secondary N) is 1.